The molecular formula is C33H31ClF3N7O3. The first-order valence-electron chi connectivity index (χ1n) is 15.5. The number of piperazine rings is 1. The number of carbonyl (C=O) groups is 1. The predicted molar refractivity (Wildman–Crippen MR) is 169 cm³/mol. The molecule has 14 heteroatoms. The van der Waals surface area contributed by atoms with Crippen molar-refractivity contribution < 1.29 is 27.8 Å². The number of carboxylic acid groups (broad SMARTS) is 1. The minimum absolute atomic E-state index is 0.0432. The molecule has 244 valence electrons. The van der Waals surface area contributed by atoms with Crippen molar-refractivity contribution in [2.24, 2.45) is 0 Å². The van der Waals surface area contributed by atoms with Gasteiger partial charge in [-0.1, -0.05) is 35.9 Å². The molecule has 1 amide bonds. The fourth-order valence-corrected chi connectivity index (χ4v) is 7.85. The number of pyridine rings is 1. The van der Waals surface area contributed by atoms with Crippen LogP contribution in [-0.4, -0.2) is 93.0 Å². The minimum Gasteiger partial charge on any atom is -0.465 e. The summed E-state index contributed by atoms with van der Waals surface area (Å²) < 4.78 is 51.3. The highest BCUT2D eigenvalue weighted by molar-refractivity contribution is 6.36. The van der Waals surface area contributed by atoms with E-state index in [1.165, 1.54) is 17.2 Å². The van der Waals surface area contributed by atoms with Crippen molar-refractivity contribution in [3.63, 3.8) is 0 Å². The molecule has 0 spiro atoms. The van der Waals surface area contributed by atoms with Crippen LogP contribution in [0.4, 0.5) is 23.8 Å². The van der Waals surface area contributed by atoms with E-state index in [9.17, 15) is 23.9 Å². The normalized spacial score (nSPS) is 23.0. The first-order chi connectivity index (χ1) is 22.7. The number of benzene rings is 2. The van der Waals surface area contributed by atoms with Crippen LogP contribution < -0.4 is 9.64 Å². The highest BCUT2D eigenvalue weighted by Crippen LogP contribution is 2.43. The monoisotopic (exact) mass is 665 g/mol. The van der Waals surface area contributed by atoms with Crippen molar-refractivity contribution in [2.75, 3.05) is 44.4 Å². The van der Waals surface area contributed by atoms with E-state index in [2.05, 4.69) is 20.9 Å². The quantitative estimate of drug-likeness (QED) is 0.246. The summed E-state index contributed by atoms with van der Waals surface area (Å²) >= 11 is 6.37. The molecule has 2 aromatic carbocycles. The maximum absolute atomic E-state index is 16.7. The number of alkyl halides is 1. The lowest BCUT2D eigenvalue weighted by Crippen LogP contribution is -2.55. The Morgan fingerprint density at radius 1 is 1.15 bits per heavy atom. The molecule has 1 N–H and O–H groups in total. The average molecular weight is 666 g/mol. The summed E-state index contributed by atoms with van der Waals surface area (Å²) in [7, 11) is 0. The van der Waals surface area contributed by atoms with E-state index in [1.54, 1.807) is 29.2 Å². The van der Waals surface area contributed by atoms with E-state index in [1.807, 2.05) is 0 Å². The van der Waals surface area contributed by atoms with Gasteiger partial charge in [0.1, 0.15) is 36.1 Å². The van der Waals surface area contributed by atoms with Crippen molar-refractivity contribution in [3.8, 4) is 23.3 Å². The fourth-order valence-electron chi connectivity index (χ4n) is 7.58. The second-order valence-electron chi connectivity index (χ2n) is 12.4. The topological polar surface area (TPSA) is 119 Å². The maximum atomic E-state index is 16.7. The van der Waals surface area contributed by atoms with E-state index in [0.29, 0.717) is 10.8 Å². The van der Waals surface area contributed by atoms with Crippen molar-refractivity contribution in [3.05, 3.63) is 53.2 Å². The Kier molecular flexibility index (Phi) is 8.18. The average Bonchev–Trinajstić information content (AvgIpc) is 3.64. The lowest BCUT2D eigenvalue weighted by atomic mass is 9.95. The van der Waals surface area contributed by atoms with E-state index in [4.69, 9.17) is 21.3 Å². The molecule has 10 nitrogen and oxygen atoms in total. The van der Waals surface area contributed by atoms with Crippen LogP contribution in [0.3, 0.4) is 0 Å². The molecule has 2 aromatic heterocycles. The summed E-state index contributed by atoms with van der Waals surface area (Å²) in [5, 5.41) is 20.1. The van der Waals surface area contributed by atoms with Gasteiger partial charge in [0.25, 0.3) is 0 Å². The smallest absolute Gasteiger partial charge is 0.407 e. The van der Waals surface area contributed by atoms with Crippen molar-refractivity contribution in [1.82, 2.24) is 24.8 Å². The van der Waals surface area contributed by atoms with Gasteiger partial charge in [0, 0.05) is 42.8 Å². The van der Waals surface area contributed by atoms with Gasteiger partial charge in [-0.05, 0) is 43.7 Å². The second-order valence-corrected chi connectivity index (χ2v) is 12.8. The van der Waals surface area contributed by atoms with Crippen LogP contribution in [-0.2, 0) is 0 Å². The minimum atomic E-state index is -1.13. The standard InChI is InChI=1S/C33H31ClF3N7O3/c34-26-24(36)6-5-19-3-1-4-22(25(19)26)28-27(37)29-23(16-39-28)30(42-13-14-43(32(45)46)21(17-42)8-11-38)41-31(40-29)47-18-33-9-2-12-44(33)20(15-35)7-10-33/h1,3-6,16,20-21H,2,7-10,12-15,17-18H2,(H,45,46)/t20?,21-,33?/m0/s1. The third kappa shape index (κ3) is 5.33. The van der Waals surface area contributed by atoms with Gasteiger partial charge in [0.15, 0.2) is 5.82 Å². The number of ether oxygens (including phenoxy) is 1. The van der Waals surface area contributed by atoms with E-state index in [-0.39, 0.29) is 83.3 Å². The molecular weight excluding hydrogens is 635 g/mol. The summed E-state index contributed by atoms with van der Waals surface area (Å²) in [4.78, 5) is 30.7. The lowest BCUT2D eigenvalue weighted by Gasteiger charge is -2.40. The number of nitrogens with zero attached hydrogens (tertiary/aromatic N) is 7. The third-order valence-corrected chi connectivity index (χ3v) is 10.2. The molecule has 0 saturated carbocycles. The molecule has 0 radical (unpaired) electrons. The molecule has 0 bridgehead atoms. The highest BCUT2D eigenvalue weighted by Gasteiger charge is 2.50. The lowest BCUT2D eigenvalue weighted by molar-refractivity contribution is 0.0772. The summed E-state index contributed by atoms with van der Waals surface area (Å²) in [5.74, 6) is -1.16. The van der Waals surface area contributed by atoms with Gasteiger partial charge in [-0.25, -0.2) is 18.0 Å². The molecule has 3 atom stereocenters. The summed E-state index contributed by atoms with van der Waals surface area (Å²) in [6, 6.07) is 9.00. The van der Waals surface area contributed by atoms with Gasteiger partial charge >= 0.3 is 12.1 Å². The van der Waals surface area contributed by atoms with Crippen LogP contribution in [0.15, 0.2) is 36.5 Å². The van der Waals surface area contributed by atoms with E-state index >= 15 is 4.39 Å². The molecule has 3 aliphatic heterocycles. The van der Waals surface area contributed by atoms with Crippen LogP contribution in [0.2, 0.25) is 5.02 Å². The van der Waals surface area contributed by atoms with Crippen LogP contribution in [0, 0.1) is 23.0 Å². The zero-order chi connectivity index (χ0) is 32.9. The first-order valence-corrected chi connectivity index (χ1v) is 15.9. The first kappa shape index (κ1) is 31.2. The molecule has 3 fully saturated rings. The Hall–Kier alpha value is -4.41. The summed E-state index contributed by atoms with van der Waals surface area (Å²) in [6.07, 6.45) is 3.48. The number of halogens is 4. The number of nitriles is 1. The van der Waals surface area contributed by atoms with Gasteiger partial charge in [-0.2, -0.15) is 15.2 Å². The van der Waals surface area contributed by atoms with Gasteiger partial charge in [-0.3, -0.25) is 9.88 Å². The van der Waals surface area contributed by atoms with Gasteiger partial charge in [-0.15, -0.1) is 0 Å². The molecule has 5 heterocycles. The van der Waals surface area contributed by atoms with Gasteiger partial charge in [0.05, 0.1) is 34.5 Å². The summed E-state index contributed by atoms with van der Waals surface area (Å²) in [6.45, 7) is 0.970. The number of amides is 1. The number of fused-ring (bicyclic) bond motifs is 3. The number of hydrogen-bond acceptors (Lipinski definition) is 8. The maximum Gasteiger partial charge on any atom is 0.407 e. The molecule has 3 saturated heterocycles. The zero-order valence-electron chi connectivity index (χ0n) is 25.3. The Labute approximate surface area is 273 Å². The predicted octanol–water partition coefficient (Wildman–Crippen LogP) is 6.20. The van der Waals surface area contributed by atoms with Crippen molar-refractivity contribution in [1.29, 1.82) is 5.26 Å². The molecule has 3 aliphatic rings. The fraction of sp³-hybridized carbons (Fsp3) is 0.424. The third-order valence-electron chi connectivity index (χ3n) is 9.87. The largest absolute Gasteiger partial charge is 0.465 e. The van der Waals surface area contributed by atoms with E-state index < -0.39 is 30.4 Å². The summed E-state index contributed by atoms with van der Waals surface area (Å²) in [5.41, 5.74) is -0.273. The molecule has 47 heavy (non-hydrogen) atoms. The van der Waals surface area contributed by atoms with Gasteiger partial charge in [0.2, 0.25) is 0 Å². The number of aromatic nitrogens is 3. The SMILES string of the molecule is N#CC[C@H]1CN(c2nc(OCC34CCCN3C(CF)CC4)nc3c(F)c(-c4cccc5ccc(F)c(Cl)c45)ncc23)CCN1C(=O)O. The number of anilines is 1. The Balaban J connectivity index is 1.34. The molecule has 4 aromatic rings. The van der Waals surface area contributed by atoms with Crippen molar-refractivity contribution in [2.45, 2.75) is 49.7 Å². The van der Waals surface area contributed by atoms with Gasteiger partial charge < -0.3 is 19.6 Å². The zero-order valence-corrected chi connectivity index (χ0v) is 26.1. The Morgan fingerprint density at radius 2 is 2.00 bits per heavy atom. The highest BCUT2D eigenvalue weighted by atomic mass is 35.5. The van der Waals surface area contributed by atoms with Crippen molar-refractivity contribution >= 4 is 45.2 Å². The van der Waals surface area contributed by atoms with Crippen LogP contribution in [0.25, 0.3) is 32.9 Å². The second kappa shape index (κ2) is 12.3. The molecule has 7 rings (SSSR count). The van der Waals surface area contributed by atoms with Crippen LogP contribution in [0.1, 0.15) is 32.1 Å². The number of rotatable bonds is 7. The number of hydrogen-bond donors (Lipinski definition) is 1. The molecule has 2 unspecified atom stereocenters. The Morgan fingerprint density at radius 3 is 2.79 bits per heavy atom. The molecule has 0 aliphatic carbocycles. The van der Waals surface area contributed by atoms with E-state index in [0.717, 1.165) is 32.2 Å². The Bertz CT molecular complexity index is 1930. The van der Waals surface area contributed by atoms with Crippen LogP contribution >= 0.6 is 11.6 Å². The van der Waals surface area contributed by atoms with Crippen LogP contribution in [0.5, 0.6) is 6.01 Å².